The Kier molecular flexibility index (Phi) is 15.8. The number of rotatable bonds is 4. The molecule has 4 heteroatoms. The van der Waals surface area contributed by atoms with Crippen molar-refractivity contribution in [2.45, 2.75) is 33.9 Å². The van der Waals surface area contributed by atoms with E-state index in [1.54, 1.807) is 19.1 Å². The monoisotopic (exact) mass is 320 g/mol. The Morgan fingerprint density at radius 1 is 1.00 bits per heavy atom. The van der Waals surface area contributed by atoms with Crippen LogP contribution in [-0.4, -0.2) is 6.18 Å². The van der Waals surface area contributed by atoms with E-state index in [0.29, 0.717) is 10.6 Å². The van der Waals surface area contributed by atoms with Crippen LogP contribution in [0.25, 0.3) is 0 Å². The molecule has 0 nitrogen and oxygen atoms in total. The maximum atomic E-state index is 11.7. The fourth-order valence-corrected chi connectivity index (χ4v) is 0.672. The Morgan fingerprint density at radius 3 is 1.62 bits per heavy atom. The molecule has 0 atom stereocenters. The summed E-state index contributed by atoms with van der Waals surface area (Å²) in [6.07, 6.45) is 1.20. The lowest BCUT2D eigenvalue weighted by Gasteiger charge is -2.03. The summed E-state index contributed by atoms with van der Waals surface area (Å²) in [5.41, 5.74) is 0.572. The highest BCUT2D eigenvalue weighted by molar-refractivity contribution is 6.31. The van der Waals surface area contributed by atoms with Gasteiger partial charge in [-0.25, -0.2) is 0 Å². The van der Waals surface area contributed by atoms with Crippen molar-refractivity contribution in [2.75, 3.05) is 0 Å². The maximum Gasteiger partial charge on any atom is 0.415 e. The van der Waals surface area contributed by atoms with Gasteiger partial charge in [0.25, 0.3) is 0 Å². The van der Waals surface area contributed by atoms with Crippen LogP contribution in [0.5, 0.6) is 0 Å². The largest absolute Gasteiger partial charge is 0.415 e. The molecule has 0 aromatic carbocycles. The van der Waals surface area contributed by atoms with Crippen molar-refractivity contribution in [3.63, 3.8) is 0 Å². The molecular formula is C17H24ClF3. The Balaban J connectivity index is -0.000000286. The van der Waals surface area contributed by atoms with Gasteiger partial charge in [-0.15, -0.1) is 0 Å². The van der Waals surface area contributed by atoms with Gasteiger partial charge in [0.15, 0.2) is 0 Å². The van der Waals surface area contributed by atoms with Crippen LogP contribution in [0.1, 0.15) is 27.7 Å². The van der Waals surface area contributed by atoms with Gasteiger partial charge in [0.2, 0.25) is 0 Å². The highest BCUT2D eigenvalue weighted by atomic mass is 35.5. The third-order valence-electron chi connectivity index (χ3n) is 1.61. The molecule has 0 spiro atoms. The summed E-state index contributed by atoms with van der Waals surface area (Å²) in [6.45, 7) is 20.8. The first kappa shape index (κ1) is 24.5. The molecule has 0 aliphatic heterocycles. The van der Waals surface area contributed by atoms with Crippen molar-refractivity contribution in [2.24, 2.45) is 0 Å². The number of alkyl halides is 3. The Morgan fingerprint density at radius 2 is 1.43 bits per heavy atom. The summed E-state index contributed by atoms with van der Waals surface area (Å²) >= 11 is 5.61. The van der Waals surface area contributed by atoms with Crippen molar-refractivity contribution >= 4 is 11.6 Å². The molecule has 0 aliphatic carbocycles. The van der Waals surface area contributed by atoms with Crippen molar-refractivity contribution in [3.05, 3.63) is 72.4 Å². The van der Waals surface area contributed by atoms with Crippen molar-refractivity contribution in [1.82, 2.24) is 0 Å². The second-order valence-electron chi connectivity index (χ2n) is 3.73. The third-order valence-corrected chi connectivity index (χ3v) is 2.05. The van der Waals surface area contributed by atoms with Crippen LogP contribution in [0.15, 0.2) is 72.4 Å². The molecular weight excluding hydrogens is 297 g/mol. The maximum absolute atomic E-state index is 11.7. The lowest BCUT2D eigenvalue weighted by molar-refractivity contribution is -0.0878. The summed E-state index contributed by atoms with van der Waals surface area (Å²) in [5, 5.41) is 0.667. The minimum Gasteiger partial charge on any atom is -0.166 e. The molecule has 0 rings (SSSR count). The van der Waals surface area contributed by atoms with Crippen molar-refractivity contribution < 1.29 is 13.2 Å². The quantitative estimate of drug-likeness (QED) is 0.483. The summed E-state index contributed by atoms with van der Waals surface area (Å²) in [6, 6.07) is 0. The Labute approximate surface area is 131 Å². The molecule has 0 aromatic heterocycles. The number of hydrogen-bond acceptors (Lipinski definition) is 0. The summed E-state index contributed by atoms with van der Waals surface area (Å²) in [5.74, 6) is 0. The van der Waals surface area contributed by atoms with Gasteiger partial charge in [-0.1, -0.05) is 75.6 Å². The minimum absolute atomic E-state index is 0.565. The van der Waals surface area contributed by atoms with Gasteiger partial charge in [0.05, 0.1) is 0 Å². The van der Waals surface area contributed by atoms with E-state index in [2.05, 4.69) is 26.3 Å². The molecule has 0 fully saturated rings. The zero-order valence-corrected chi connectivity index (χ0v) is 13.9. The van der Waals surface area contributed by atoms with Crippen LogP contribution in [-0.2, 0) is 0 Å². The average molecular weight is 321 g/mol. The van der Waals surface area contributed by atoms with E-state index in [-0.39, 0.29) is 0 Å². The molecule has 120 valence electrons. The predicted octanol–water partition coefficient (Wildman–Crippen LogP) is 7.13. The third kappa shape index (κ3) is 18.5. The molecule has 0 N–H and O–H groups in total. The molecule has 0 bridgehead atoms. The van der Waals surface area contributed by atoms with E-state index in [1.807, 2.05) is 20.8 Å². The van der Waals surface area contributed by atoms with Gasteiger partial charge in [-0.05, 0) is 25.5 Å². The van der Waals surface area contributed by atoms with Crippen molar-refractivity contribution in [1.29, 1.82) is 0 Å². The van der Waals surface area contributed by atoms with E-state index in [1.165, 1.54) is 6.08 Å². The molecule has 0 saturated heterocycles. The first-order valence-electron chi connectivity index (χ1n) is 6.26. The molecule has 0 amide bonds. The van der Waals surface area contributed by atoms with Crippen LogP contribution < -0.4 is 0 Å². The smallest absolute Gasteiger partial charge is 0.166 e. The number of hydrogen-bond donors (Lipinski definition) is 0. The normalized spacial score (nSPS) is 10.8. The Bertz CT molecular complexity index is 410. The van der Waals surface area contributed by atoms with Crippen LogP contribution >= 0.6 is 11.6 Å². The summed E-state index contributed by atoms with van der Waals surface area (Å²) in [4.78, 5) is 0. The van der Waals surface area contributed by atoms with Gasteiger partial charge in [-0.3, -0.25) is 0 Å². The van der Waals surface area contributed by atoms with E-state index >= 15 is 0 Å². The first-order valence-corrected chi connectivity index (χ1v) is 6.64. The lowest BCUT2D eigenvalue weighted by atomic mass is 10.2. The second-order valence-corrected chi connectivity index (χ2v) is 4.14. The molecule has 0 radical (unpaired) electrons. The van der Waals surface area contributed by atoms with Gasteiger partial charge >= 0.3 is 6.18 Å². The van der Waals surface area contributed by atoms with Gasteiger partial charge in [0, 0.05) is 10.6 Å². The number of halogens is 4. The van der Waals surface area contributed by atoms with Crippen molar-refractivity contribution in [3.8, 4) is 0 Å². The summed E-state index contributed by atoms with van der Waals surface area (Å²) in [7, 11) is 0. The number of allylic oxidation sites excluding steroid dienone is 8. The zero-order chi connectivity index (χ0) is 17.6. The lowest BCUT2D eigenvalue weighted by Crippen LogP contribution is -2.08. The fourth-order valence-electron chi connectivity index (χ4n) is 0.583. The Hall–Kier alpha value is -1.48. The van der Waals surface area contributed by atoms with E-state index in [4.69, 9.17) is 11.6 Å². The van der Waals surface area contributed by atoms with Crippen LogP contribution in [0.3, 0.4) is 0 Å². The topological polar surface area (TPSA) is 0 Å². The van der Waals surface area contributed by atoms with Crippen LogP contribution in [0.2, 0.25) is 0 Å². The average Bonchev–Trinajstić information content (AvgIpc) is 2.38. The highest BCUT2D eigenvalue weighted by Crippen LogP contribution is 2.24. The molecule has 0 unspecified atom stereocenters. The first-order chi connectivity index (χ1) is 9.52. The van der Waals surface area contributed by atoms with E-state index in [9.17, 15) is 13.2 Å². The molecule has 0 saturated carbocycles. The molecule has 0 aliphatic rings. The second kappa shape index (κ2) is 13.5. The highest BCUT2D eigenvalue weighted by Gasteiger charge is 2.29. The van der Waals surface area contributed by atoms with E-state index < -0.39 is 11.7 Å². The predicted molar refractivity (Wildman–Crippen MR) is 89.4 cm³/mol. The zero-order valence-electron chi connectivity index (χ0n) is 13.1. The fraction of sp³-hybridized carbons (Fsp3) is 0.294. The van der Waals surface area contributed by atoms with Gasteiger partial charge in [-0.2, -0.15) is 13.2 Å². The molecule has 0 aromatic rings. The summed E-state index contributed by atoms with van der Waals surface area (Å²) < 4.78 is 35.2. The molecule has 0 heterocycles. The van der Waals surface area contributed by atoms with Gasteiger partial charge < -0.3 is 0 Å². The standard InChI is InChI=1S/C8H9F3.C7H9Cl.C2H6/c1-6(2)4-5-7(3)8(9,10)11;1-4-5-7(8)6(2)3;1-2/h4-5H,1,3H2,2H3;4-5H,1-2H2,3H3;1-2H3/b5-4-;7-5+;. The van der Waals surface area contributed by atoms with Gasteiger partial charge in [0.1, 0.15) is 0 Å². The van der Waals surface area contributed by atoms with Crippen LogP contribution in [0.4, 0.5) is 13.2 Å². The SMILES string of the molecule is C=C(C)/C=C\C(=C)C(F)(F)F.C=C/C=C(/Cl)C(=C)C.CC. The minimum atomic E-state index is -4.33. The van der Waals surface area contributed by atoms with Crippen LogP contribution in [0, 0.1) is 0 Å². The molecule has 21 heavy (non-hydrogen) atoms. The van der Waals surface area contributed by atoms with E-state index in [0.717, 1.165) is 11.6 Å².